The van der Waals surface area contributed by atoms with Crippen molar-refractivity contribution in [1.82, 2.24) is 19.5 Å². The number of hydrogen-bond donors (Lipinski definition) is 1. The maximum atomic E-state index is 12.0. The Kier molecular flexibility index (Phi) is 3.88. The summed E-state index contributed by atoms with van der Waals surface area (Å²) in [6.45, 7) is 1.73. The molecule has 2 aromatic heterocycles. The summed E-state index contributed by atoms with van der Waals surface area (Å²) in [6.07, 6.45) is 3.95. The van der Waals surface area contributed by atoms with E-state index in [2.05, 4.69) is 15.0 Å². The third kappa shape index (κ3) is 2.78. The molecule has 7 nitrogen and oxygen atoms in total. The average Bonchev–Trinajstić information content (AvgIpc) is 2.39. The molecule has 0 amide bonds. The largest absolute Gasteiger partial charge is 0.478 e. The van der Waals surface area contributed by atoms with Crippen LogP contribution in [0.1, 0.15) is 21.9 Å². The van der Waals surface area contributed by atoms with Crippen molar-refractivity contribution >= 4 is 28.6 Å². The molecule has 0 saturated heterocycles. The SMILES string of the molecule is Cc1ncc(I)c(=O)n1Cc1ncncc1C(=O)O. The van der Waals surface area contributed by atoms with Gasteiger partial charge in [-0.25, -0.2) is 19.7 Å². The number of carboxylic acid groups (broad SMARTS) is 1. The molecule has 19 heavy (non-hydrogen) atoms. The molecule has 0 spiro atoms. The van der Waals surface area contributed by atoms with Crippen LogP contribution in [0.5, 0.6) is 0 Å². The lowest BCUT2D eigenvalue weighted by Gasteiger charge is -2.10. The van der Waals surface area contributed by atoms with E-state index in [1.807, 2.05) is 22.6 Å². The van der Waals surface area contributed by atoms with Gasteiger partial charge in [-0.2, -0.15) is 0 Å². The summed E-state index contributed by atoms with van der Waals surface area (Å²) in [5.74, 6) is -0.625. The first-order valence-corrected chi connectivity index (χ1v) is 6.32. The first kappa shape index (κ1) is 13.6. The van der Waals surface area contributed by atoms with Crippen molar-refractivity contribution in [2.45, 2.75) is 13.5 Å². The molecule has 0 bridgehead atoms. The first-order chi connectivity index (χ1) is 9.00. The van der Waals surface area contributed by atoms with Gasteiger partial charge in [-0.15, -0.1) is 0 Å². The summed E-state index contributed by atoms with van der Waals surface area (Å²) in [6, 6.07) is 0. The Balaban J connectivity index is 2.51. The first-order valence-electron chi connectivity index (χ1n) is 5.25. The second-order valence-corrected chi connectivity index (χ2v) is 4.90. The van der Waals surface area contributed by atoms with Gasteiger partial charge in [-0.05, 0) is 29.5 Å². The second kappa shape index (κ2) is 5.43. The van der Waals surface area contributed by atoms with Crippen LogP contribution in [0.25, 0.3) is 0 Å². The van der Waals surface area contributed by atoms with Crippen LogP contribution in [0.15, 0.2) is 23.5 Å². The third-order valence-corrected chi connectivity index (χ3v) is 3.28. The van der Waals surface area contributed by atoms with Crippen molar-refractivity contribution in [3.63, 3.8) is 0 Å². The second-order valence-electron chi connectivity index (χ2n) is 3.73. The molecule has 2 heterocycles. The highest BCUT2D eigenvalue weighted by Gasteiger charge is 2.14. The summed E-state index contributed by atoms with van der Waals surface area (Å²) < 4.78 is 1.85. The van der Waals surface area contributed by atoms with Crippen LogP contribution in [0, 0.1) is 10.5 Å². The van der Waals surface area contributed by atoms with Crippen LogP contribution >= 0.6 is 22.6 Å². The fourth-order valence-corrected chi connectivity index (χ4v) is 1.98. The number of hydrogen-bond acceptors (Lipinski definition) is 5. The van der Waals surface area contributed by atoms with E-state index in [4.69, 9.17) is 5.11 Å². The van der Waals surface area contributed by atoms with Crippen molar-refractivity contribution in [2.75, 3.05) is 0 Å². The fraction of sp³-hybridized carbons (Fsp3) is 0.182. The highest BCUT2D eigenvalue weighted by Crippen LogP contribution is 2.07. The molecular formula is C11H9IN4O3. The van der Waals surface area contributed by atoms with Gasteiger partial charge < -0.3 is 5.11 Å². The number of nitrogens with zero attached hydrogens (tertiary/aromatic N) is 4. The van der Waals surface area contributed by atoms with E-state index in [1.54, 1.807) is 6.92 Å². The van der Waals surface area contributed by atoms with Crippen LogP contribution < -0.4 is 5.56 Å². The zero-order chi connectivity index (χ0) is 14.0. The number of aromatic nitrogens is 4. The molecule has 0 unspecified atom stereocenters. The van der Waals surface area contributed by atoms with Gasteiger partial charge in [0.2, 0.25) is 0 Å². The topological polar surface area (TPSA) is 98.0 Å². The maximum absolute atomic E-state index is 12.0. The van der Waals surface area contributed by atoms with Gasteiger partial charge in [-0.3, -0.25) is 9.36 Å². The number of halogens is 1. The molecule has 0 aromatic carbocycles. The van der Waals surface area contributed by atoms with E-state index in [-0.39, 0.29) is 23.4 Å². The Hall–Kier alpha value is -1.84. The zero-order valence-corrected chi connectivity index (χ0v) is 12.0. The monoisotopic (exact) mass is 372 g/mol. The van der Waals surface area contributed by atoms with Crippen molar-refractivity contribution in [3.05, 3.63) is 49.7 Å². The van der Waals surface area contributed by atoms with Crippen molar-refractivity contribution in [2.24, 2.45) is 0 Å². The van der Waals surface area contributed by atoms with Crippen molar-refractivity contribution in [3.8, 4) is 0 Å². The normalized spacial score (nSPS) is 10.4. The van der Waals surface area contributed by atoms with Crippen LogP contribution in [-0.2, 0) is 6.54 Å². The molecule has 0 aliphatic carbocycles. The van der Waals surface area contributed by atoms with E-state index < -0.39 is 5.97 Å². The standard InChI is InChI=1S/C11H9IN4O3/c1-6-14-3-8(12)10(17)16(6)4-9-7(11(18)19)2-13-5-15-9/h2-3,5H,4H2,1H3,(H,18,19). The fourth-order valence-electron chi connectivity index (χ4n) is 1.55. The Morgan fingerprint density at radius 1 is 1.42 bits per heavy atom. The summed E-state index contributed by atoms with van der Waals surface area (Å²) >= 11 is 1.89. The van der Waals surface area contributed by atoms with Gasteiger partial charge in [0.25, 0.3) is 5.56 Å². The van der Waals surface area contributed by atoms with Gasteiger partial charge in [0.05, 0.1) is 15.8 Å². The van der Waals surface area contributed by atoms with Crippen LogP contribution in [0.2, 0.25) is 0 Å². The molecule has 0 aliphatic rings. The third-order valence-electron chi connectivity index (χ3n) is 2.54. The summed E-state index contributed by atoms with van der Waals surface area (Å²) in [5.41, 5.74) is 0.0345. The maximum Gasteiger partial charge on any atom is 0.339 e. The van der Waals surface area contributed by atoms with Crippen molar-refractivity contribution in [1.29, 1.82) is 0 Å². The predicted octanol–water partition coefficient (Wildman–Crippen LogP) is 0.693. The molecule has 2 aromatic rings. The van der Waals surface area contributed by atoms with Crippen LogP contribution in [0.3, 0.4) is 0 Å². The van der Waals surface area contributed by atoms with E-state index in [0.717, 1.165) is 0 Å². The lowest BCUT2D eigenvalue weighted by Crippen LogP contribution is -2.27. The summed E-state index contributed by atoms with van der Waals surface area (Å²) in [5, 5.41) is 9.05. The molecule has 0 atom stereocenters. The molecule has 0 radical (unpaired) electrons. The Labute approximate surface area is 121 Å². The molecule has 0 aliphatic heterocycles. The minimum atomic E-state index is -1.13. The Morgan fingerprint density at radius 2 is 2.16 bits per heavy atom. The number of rotatable bonds is 3. The van der Waals surface area contributed by atoms with Gasteiger partial charge in [0, 0.05) is 12.4 Å². The molecular weight excluding hydrogens is 363 g/mol. The van der Waals surface area contributed by atoms with Gasteiger partial charge in [0.15, 0.2) is 0 Å². The van der Waals surface area contributed by atoms with Gasteiger partial charge in [-0.1, -0.05) is 0 Å². The van der Waals surface area contributed by atoms with E-state index in [0.29, 0.717) is 9.39 Å². The average molecular weight is 372 g/mol. The number of aromatic carboxylic acids is 1. The predicted molar refractivity (Wildman–Crippen MR) is 74.0 cm³/mol. The Morgan fingerprint density at radius 3 is 2.84 bits per heavy atom. The van der Waals surface area contributed by atoms with E-state index in [9.17, 15) is 9.59 Å². The number of aryl methyl sites for hydroxylation is 1. The van der Waals surface area contributed by atoms with E-state index in [1.165, 1.54) is 23.3 Å². The lowest BCUT2D eigenvalue weighted by molar-refractivity contribution is 0.0694. The summed E-state index contributed by atoms with van der Waals surface area (Å²) in [7, 11) is 0. The molecule has 98 valence electrons. The van der Waals surface area contributed by atoms with Gasteiger partial charge in [0.1, 0.15) is 17.7 Å². The highest BCUT2D eigenvalue weighted by molar-refractivity contribution is 14.1. The van der Waals surface area contributed by atoms with Gasteiger partial charge >= 0.3 is 5.97 Å². The number of carbonyl (C=O) groups is 1. The quantitative estimate of drug-likeness (QED) is 0.797. The molecule has 8 heteroatoms. The van der Waals surface area contributed by atoms with Crippen LogP contribution in [0.4, 0.5) is 0 Å². The lowest BCUT2D eigenvalue weighted by atomic mass is 10.2. The highest BCUT2D eigenvalue weighted by atomic mass is 127. The summed E-state index contributed by atoms with van der Waals surface area (Å²) in [4.78, 5) is 34.7. The minimum absolute atomic E-state index is 0.0207. The Bertz CT molecular complexity index is 699. The minimum Gasteiger partial charge on any atom is -0.478 e. The molecule has 0 fully saturated rings. The molecule has 0 saturated carbocycles. The van der Waals surface area contributed by atoms with Crippen LogP contribution in [-0.4, -0.2) is 30.6 Å². The molecule has 2 rings (SSSR count). The zero-order valence-electron chi connectivity index (χ0n) is 9.87. The van der Waals surface area contributed by atoms with E-state index >= 15 is 0 Å². The molecule has 1 N–H and O–H groups in total. The smallest absolute Gasteiger partial charge is 0.339 e. The van der Waals surface area contributed by atoms with Crippen molar-refractivity contribution < 1.29 is 9.90 Å². The number of carboxylic acids is 1.